The molecule has 0 spiro atoms. The topological polar surface area (TPSA) is 43.1 Å². The number of amides is 1. The number of benzene rings is 1. The maximum absolute atomic E-state index is 10.4. The van der Waals surface area contributed by atoms with Crippen molar-refractivity contribution in [3.05, 3.63) is 39.3 Å². The fourth-order valence-electron chi connectivity index (χ4n) is 0.850. The van der Waals surface area contributed by atoms with Crippen LogP contribution in [-0.2, 0) is 4.79 Å². The number of carbonyl (C=O) groups excluding carboxylic acids is 1. The van der Waals surface area contributed by atoms with Gasteiger partial charge in [-0.2, -0.15) is 0 Å². The molecule has 0 aliphatic heterocycles. The molecule has 0 radical (unpaired) electrons. The lowest BCUT2D eigenvalue weighted by molar-refractivity contribution is -0.113. The first kappa shape index (κ1) is 10.3. The summed E-state index contributed by atoms with van der Waals surface area (Å²) in [6.07, 6.45) is 2.90. The third-order valence-corrected chi connectivity index (χ3v) is 2.00. The van der Waals surface area contributed by atoms with Crippen LogP contribution in [0.25, 0.3) is 6.08 Å². The van der Waals surface area contributed by atoms with Gasteiger partial charge in [-0.1, -0.05) is 27.5 Å². The fourth-order valence-corrected chi connectivity index (χ4v) is 1.74. The lowest BCUT2D eigenvalue weighted by Crippen LogP contribution is -2.05. The van der Waals surface area contributed by atoms with E-state index in [1.807, 2.05) is 6.07 Å². The van der Waals surface area contributed by atoms with Crippen molar-refractivity contribution in [3.8, 4) is 0 Å². The largest absolute Gasteiger partial charge is 0.366 e. The number of rotatable bonds is 2. The molecule has 4 heteroatoms. The summed E-state index contributed by atoms with van der Waals surface area (Å²) in [6, 6.07) is 5.35. The summed E-state index contributed by atoms with van der Waals surface area (Å²) in [5, 5.41) is 0.610. The number of halogens is 2. The van der Waals surface area contributed by atoms with Gasteiger partial charge in [-0.3, -0.25) is 4.79 Å². The molecule has 2 nitrogen and oxygen atoms in total. The highest BCUT2D eigenvalue weighted by atomic mass is 79.9. The van der Waals surface area contributed by atoms with Crippen LogP contribution in [0, 0.1) is 0 Å². The summed E-state index contributed by atoms with van der Waals surface area (Å²) in [5.41, 5.74) is 5.78. The van der Waals surface area contributed by atoms with Crippen LogP contribution < -0.4 is 5.73 Å². The van der Waals surface area contributed by atoms with Crippen LogP contribution in [0.1, 0.15) is 5.56 Å². The molecule has 1 aromatic rings. The van der Waals surface area contributed by atoms with E-state index in [4.69, 9.17) is 17.3 Å². The molecule has 0 saturated heterocycles. The van der Waals surface area contributed by atoms with Gasteiger partial charge in [0, 0.05) is 15.6 Å². The number of carbonyl (C=O) groups is 1. The number of primary amides is 1. The molecule has 0 atom stereocenters. The van der Waals surface area contributed by atoms with Crippen LogP contribution in [0.5, 0.6) is 0 Å². The average Bonchev–Trinajstić information content (AvgIpc) is 1.99. The summed E-state index contributed by atoms with van der Waals surface area (Å²) < 4.78 is 0.865. The van der Waals surface area contributed by atoms with E-state index in [0.717, 1.165) is 10.0 Å². The Bertz CT molecular complexity index is 342. The minimum Gasteiger partial charge on any atom is -0.366 e. The summed E-state index contributed by atoms with van der Waals surface area (Å²) >= 11 is 9.07. The molecular formula is C9H7BrClNO. The molecule has 0 aliphatic carbocycles. The first-order chi connectivity index (χ1) is 6.08. The number of hydrogen-bond acceptors (Lipinski definition) is 1. The maximum Gasteiger partial charge on any atom is 0.241 e. The second-order valence-corrected chi connectivity index (χ2v) is 3.79. The monoisotopic (exact) mass is 259 g/mol. The highest BCUT2D eigenvalue weighted by Gasteiger charge is 1.94. The van der Waals surface area contributed by atoms with Crippen LogP contribution in [0.4, 0.5) is 0 Å². The molecule has 68 valence electrons. The number of nitrogens with two attached hydrogens (primary N) is 1. The molecule has 0 fully saturated rings. The Labute approximate surface area is 89.5 Å². The highest BCUT2D eigenvalue weighted by molar-refractivity contribution is 9.10. The van der Waals surface area contributed by atoms with E-state index in [0.29, 0.717) is 5.02 Å². The lowest BCUT2D eigenvalue weighted by atomic mass is 10.2. The second-order valence-electron chi connectivity index (χ2n) is 2.44. The van der Waals surface area contributed by atoms with E-state index in [9.17, 15) is 4.79 Å². The smallest absolute Gasteiger partial charge is 0.241 e. The summed E-state index contributed by atoms with van der Waals surface area (Å²) in [5.74, 6) is -0.476. The minimum atomic E-state index is -0.476. The normalized spacial score (nSPS) is 10.6. The molecule has 2 N–H and O–H groups in total. The molecule has 0 unspecified atom stereocenters. The quantitative estimate of drug-likeness (QED) is 0.816. The van der Waals surface area contributed by atoms with Gasteiger partial charge in [-0.25, -0.2) is 0 Å². The van der Waals surface area contributed by atoms with Gasteiger partial charge in [0.15, 0.2) is 0 Å². The van der Waals surface area contributed by atoms with Crippen molar-refractivity contribution in [2.75, 3.05) is 0 Å². The molecule has 1 rings (SSSR count). The molecular weight excluding hydrogens is 253 g/mol. The standard InChI is InChI=1S/C9H7BrClNO/c10-7-3-6(1-2-9(12)13)4-8(11)5-7/h1-5H,(H2,12,13)/b2-1+. The van der Waals surface area contributed by atoms with Crippen molar-refractivity contribution >= 4 is 39.5 Å². The van der Waals surface area contributed by atoms with Crippen LogP contribution in [0.3, 0.4) is 0 Å². The van der Waals surface area contributed by atoms with Crippen LogP contribution in [0.2, 0.25) is 5.02 Å². The van der Waals surface area contributed by atoms with Crippen molar-refractivity contribution < 1.29 is 4.79 Å². The van der Waals surface area contributed by atoms with Crippen molar-refractivity contribution in [2.24, 2.45) is 5.73 Å². The predicted octanol–water partition coefficient (Wildman–Crippen LogP) is 2.60. The third-order valence-electron chi connectivity index (χ3n) is 1.32. The molecule has 1 amide bonds. The van der Waals surface area contributed by atoms with E-state index in [2.05, 4.69) is 15.9 Å². The lowest BCUT2D eigenvalue weighted by Gasteiger charge is -1.96. The van der Waals surface area contributed by atoms with Gasteiger partial charge in [-0.05, 0) is 29.8 Å². The summed E-state index contributed by atoms with van der Waals surface area (Å²) in [6.45, 7) is 0. The number of hydrogen-bond donors (Lipinski definition) is 1. The Morgan fingerprint density at radius 1 is 1.46 bits per heavy atom. The fraction of sp³-hybridized carbons (Fsp3) is 0. The molecule has 0 aliphatic rings. The van der Waals surface area contributed by atoms with E-state index < -0.39 is 5.91 Å². The molecule has 0 bridgehead atoms. The van der Waals surface area contributed by atoms with Gasteiger partial charge < -0.3 is 5.73 Å². The second kappa shape index (κ2) is 4.44. The predicted molar refractivity (Wildman–Crippen MR) is 57.4 cm³/mol. The van der Waals surface area contributed by atoms with Crippen LogP contribution in [0.15, 0.2) is 28.7 Å². The minimum absolute atomic E-state index is 0.476. The Balaban J connectivity index is 2.95. The highest BCUT2D eigenvalue weighted by Crippen LogP contribution is 2.20. The van der Waals surface area contributed by atoms with Crippen LogP contribution in [-0.4, -0.2) is 5.91 Å². The van der Waals surface area contributed by atoms with Gasteiger partial charge in [0.25, 0.3) is 0 Å². The molecule has 0 saturated carbocycles. The zero-order valence-electron chi connectivity index (χ0n) is 6.63. The molecule has 0 heterocycles. The summed E-state index contributed by atoms with van der Waals surface area (Å²) in [4.78, 5) is 10.4. The van der Waals surface area contributed by atoms with Crippen molar-refractivity contribution in [1.82, 2.24) is 0 Å². The van der Waals surface area contributed by atoms with E-state index in [1.165, 1.54) is 6.08 Å². The van der Waals surface area contributed by atoms with Gasteiger partial charge in [-0.15, -0.1) is 0 Å². The van der Waals surface area contributed by atoms with Gasteiger partial charge in [0.1, 0.15) is 0 Å². The van der Waals surface area contributed by atoms with E-state index >= 15 is 0 Å². The summed E-state index contributed by atoms with van der Waals surface area (Å²) in [7, 11) is 0. The zero-order chi connectivity index (χ0) is 9.84. The van der Waals surface area contributed by atoms with E-state index in [-0.39, 0.29) is 0 Å². The van der Waals surface area contributed by atoms with E-state index in [1.54, 1.807) is 18.2 Å². The van der Waals surface area contributed by atoms with Gasteiger partial charge in [0.05, 0.1) is 0 Å². The molecule has 0 aromatic heterocycles. The zero-order valence-corrected chi connectivity index (χ0v) is 8.97. The van der Waals surface area contributed by atoms with Crippen molar-refractivity contribution in [1.29, 1.82) is 0 Å². The molecule has 13 heavy (non-hydrogen) atoms. The van der Waals surface area contributed by atoms with Crippen molar-refractivity contribution in [3.63, 3.8) is 0 Å². The Kier molecular flexibility index (Phi) is 3.51. The Morgan fingerprint density at radius 2 is 2.15 bits per heavy atom. The Hall–Kier alpha value is -0.800. The first-order valence-electron chi connectivity index (χ1n) is 3.51. The van der Waals surface area contributed by atoms with Crippen molar-refractivity contribution in [2.45, 2.75) is 0 Å². The average molecular weight is 261 g/mol. The first-order valence-corrected chi connectivity index (χ1v) is 4.68. The van der Waals surface area contributed by atoms with Crippen LogP contribution >= 0.6 is 27.5 Å². The van der Waals surface area contributed by atoms with Gasteiger partial charge >= 0.3 is 0 Å². The maximum atomic E-state index is 10.4. The third kappa shape index (κ3) is 3.61. The molecule has 1 aromatic carbocycles. The van der Waals surface area contributed by atoms with Gasteiger partial charge in [0.2, 0.25) is 5.91 Å². The SMILES string of the molecule is NC(=O)/C=C/c1cc(Cl)cc(Br)c1. The Morgan fingerprint density at radius 3 is 2.69 bits per heavy atom.